The number of ether oxygens (including phenoxy) is 1. The summed E-state index contributed by atoms with van der Waals surface area (Å²) in [6.45, 7) is 0.559. The first-order valence-corrected chi connectivity index (χ1v) is 9.25. The van der Waals surface area contributed by atoms with Crippen LogP contribution in [0.2, 0.25) is 0 Å². The number of carboxylic acid groups (broad SMARTS) is 1. The summed E-state index contributed by atoms with van der Waals surface area (Å²) in [6, 6.07) is 19.8. The van der Waals surface area contributed by atoms with Gasteiger partial charge in [0.2, 0.25) is 0 Å². The van der Waals surface area contributed by atoms with Gasteiger partial charge >= 0.3 is 5.97 Å². The quantitative estimate of drug-likeness (QED) is 0.698. The first-order valence-electron chi connectivity index (χ1n) is 9.25. The number of carboxylic acids is 1. The molecule has 1 N–H and O–H groups in total. The molecule has 0 amide bonds. The molecule has 4 rings (SSSR count). The van der Waals surface area contributed by atoms with Crippen LogP contribution in [0.25, 0.3) is 11.3 Å². The third kappa shape index (κ3) is 3.64. The number of benzene rings is 2. The fourth-order valence-electron chi connectivity index (χ4n) is 3.85. The van der Waals surface area contributed by atoms with Crippen LogP contribution in [-0.2, 0) is 11.3 Å². The monoisotopic (exact) mass is 362 g/mol. The van der Waals surface area contributed by atoms with E-state index in [9.17, 15) is 9.90 Å². The maximum atomic E-state index is 11.7. The Morgan fingerprint density at radius 3 is 2.48 bits per heavy atom. The minimum Gasteiger partial charge on any atom is -0.476 e. The molecule has 5 heteroatoms. The molecule has 1 unspecified atom stereocenters. The average Bonchev–Trinajstić information content (AvgIpc) is 3.34. The molecular formula is C22H22N2O3. The van der Waals surface area contributed by atoms with E-state index in [1.165, 1.54) is 0 Å². The lowest BCUT2D eigenvalue weighted by molar-refractivity contribution is 0.0198. The largest absolute Gasteiger partial charge is 0.476 e. The Morgan fingerprint density at radius 1 is 1.07 bits per heavy atom. The molecule has 27 heavy (non-hydrogen) atoms. The number of imidazole rings is 1. The molecule has 3 aromatic rings. The highest BCUT2D eigenvalue weighted by Gasteiger charge is 2.33. The zero-order valence-corrected chi connectivity index (χ0v) is 15.0. The van der Waals surface area contributed by atoms with E-state index in [4.69, 9.17) is 4.74 Å². The predicted molar refractivity (Wildman–Crippen MR) is 103 cm³/mol. The number of aromatic carboxylic acids is 1. The van der Waals surface area contributed by atoms with Gasteiger partial charge in [0.15, 0.2) is 5.69 Å². The minimum atomic E-state index is -1.01. The number of carbonyl (C=O) groups is 1. The third-order valence-electron chi connectivity index (χ3n) is 5.13. The van der Waals surface area contributed by atoms with E-state index in [1.54, 1.807) is 6.33 Å². The van der Waals surface area contributed by atoms with Crippen LogP contribution < -0.4 is 0 Å². The van der Waals surface area contributed by atoms with E-state index in [-0.39, 0.29) is 17.8 Å². The number of hydrogen-bond acceptors (Lipinski definition) is 3. The lowest BCUT2D eigenvalue weighted by atomic mass is 10.1. The fourth-order valence-corrected chi connectivity index (χ4v) is 3.85. The Morgan fingerprint density at radius 2 is 1.78 bits per heavy atom. The van der Waals surface area contributed by atoms with Gasteiger partial charge in [-0.1, -0.05) is 60.7 Å². The zero-order chi connectivity index (χ0) is 18.6. The molecule has 0 radical (unpaired) electrons. The maximum Gasteiger partial charge on any atom is 0.356 e. The van der Waals surface area contributed by atoms with Crippen molar-refractivity contribution >= 4 is 5.97 Å². The Kier molecular flexibility index (Phi) is 5.03. The van der Waals surface area contributed by atoms with Crippen molar-refractivity contribution in [2.45, 2.75) is 38.0 Å². The second-order valence-corrected chi connectivity index (χ2v) is 6.85. The molecule has 0 bridgehead atoms. The van der Waals surface area contributed by atoms with E-state index in [2.05, 4.69) is 17.1 Å². The summed E-state index contributed by atoms with van der Waals surface area (Å²) in [5.74, 6) is -1.01. The zero-order valence-electron chi connectivity index (χ0n) is 15.0. The summed E-state index contributed by atoms with van der Waals surface area (Å²) in [4.78, 5) is 15.9. The molecular weight excluding hydrogens is 340 g/mol. The highest BCUT2D eigenvalue weighted by atomic mass is 16.5. The van der Waals surface area contributed by atoms with Crippen LogP contribution in [0.1, 0.15) is 41.4 Å². The van der Waals surface area contributed by atoms with E-state index in [1.807, 2.05) is 53.1 Å². The average molecular weight is 362 g/mol. The summed E-state index contributed by atoms with van der Waals surface area (Å²) < 4.78 is 8.22. The molecule has 0 aliphatic heterocycles. The summed E-state index contributed by atoms with van der Waals surface area (Å²) in [7, 11) is 0. The van der Waals surface area contributed by atoms with Crippen molar-refractivity contribution < 1.29 is 14.6 Å². The maximum absolute atomic E-state index is 11.7. The standard InChI is InChI=1S/C22H22N2O3/c25-22(26)20-21(17-10-5-2-6-11-17)24(15-23-20)18-12-7-13-19(18)27-14-16-8-3-1-4-9-16/h1-6,8-11,15,18-19H,7,12-14H2,(H,25,26)/t18?,19-/m1/s1. The van der Waals surface area contributed by atoms with Crippen LogP contribution in [0.15, 0.2) is 67.0 Å². The van der Waals surface area contributed by atoms with Gasteiger partial charge in [-0.25, -0.2) is 9.78 Å². The van der Waals surface area contributed by atoms with Crippen molar-refractivity contribution in [3.05, 3.63) is 78.2 Å². The molecule has 1 saturated carbocycles. The number of nitrogens with zero attached hydrogens (tertiary/aromatic N) is 2. The first-order chi connectivity index (χ1) is 13.2. The predicted octanol–water partition coefficient (Wildman–Crippen LogP) is 4.56. The van der Waals surface area contributed by atoms with Gasteiger partial charge in [-0.2, -0.15) is 0 Å². The second-order valence-electron chi connectivity index (χ2n) is 6.85. The number of hydrogen-bond donors (Lipinski definition) is 1. The first kappa shape index (κ1) is 17.5. The molecule has 138 valence electrons. The molecule has 5 nitrogen and oxygen atoms in total. The number of rotatable bonds is 6. The second kappa shape index (κ2) is 7.76. The van der Waals surface area contributed by atoms with Gasteiger partial charge in [0.25, 0.3) is 0 Å². The lowest BCUT2D eigenvalue weighted by Crippen LogP contribution is -2.22. The topological polar surface area (TPSA) is 64.3 Å². The van der Waals surface area contributed by atoms with Gasteiger partial charge < -0.3 is 14.4 Å². The van der Waals surface area contributed by atoms with E-state index in [0.717, 1.165) is 30.4 Å². The fraction of sp³-hybridized carbons (Fsp3) is 0.273. The van der Waals surface area contributed by atoms with Gasteiger partial charge in [-0.05, 0) is 24.8 Å². The Hall–Kier alpha value is -2.92. The minimum absolute atomic E-state index is 0.0449. The van der Waals surface area contributed by atoms with Crippen molar-refractivity contribution in [1.82, 2.24) is 9.55 Å². The van der Waals surface area contributed by atoms with Crippen LogP contribution in [0.3, 0.4) is 0 Å². The van der Waals surface area contributed by atoms with Crippen LogP contribution in [0.4, 0.5) is 0 Å². The van der Waals surface area contributed by atoms with Crippen LogP contribution in [0.5, 0.6) is 0 Å². The van der Waals surface area contributed by atoms with Crippen LogP contribution in [0, 0.1) is 0 Å². The Balaban J connectivity index is 1.63. The lowest BCUT2D eigenvalue weighted by Gasteiger charge is -2.24. The molecule has 1 aromatic heterocycles. The molecule has 2 atom stereocenters. The summed E-state index contributed by atoms with van der Waals surface area (Å²) in [5, 5.41) is 9.59. The molecule has 0 saturated heterocycles. The van der Waals surface area contributed by atoms with Crippen LogP contribution >= 0.6 is 0 Å². The summed E-state index contributed by atoms with van der Waals surface area (Å²) in [6.07, 6.45) is 4.67. The van der Waals surface area contributed by atoms with E-state index in [0.29, 0.717) is 12.3 Å². The Bertz CT molecular complexity index is 906. The third-order valence-corrected chi connectivity index (χ3v) is 5.13. The summed E-state index contributed by atoms with van der Waals surface area (Å²) >= 11 is 0. The molecule has 1 aliphatic rings. The van der Waals surface area contributed by atoms with Gasteiger partial charge in [0.1, 0.15) is 0 Å². The van der Waals surface area contributed by atoms with Gasteiger partial charge in [-0.15, -0.1) is 0 Å². The van der Waals surface area contributed by atoms with Crippen molar-refractivity contribution in [3.63, 3.8) is 0 Å². The summed E-state index contributed by atoms with van der Waals surface area (Å²) in [5.41, 5.74) is 2.75. The molecule has 1 fully saturated rings. The van der Waals surface area contributed by atoms with E-state index < -0.39 is 5.97 Å². The normalized spacial score (nSPS) is 19.3. The Labute approximate surface area is 158 Å². The molecule has 0 spiro atoms. The highest BCUT2D eigenvalue weighted by Crippen LogP contribution is 2.37. The molecule has 2 aromatic carbocycles. The van der Waals surface area contributed by atoms with Gasteiger partial charge in [0, 0.05) is 5.56 Å². The number of aromatic nitrogens is 2. The van der Waals surface area contributed by atoms with Gasteiger partial charge in [0.05, 0.1) is 30.8 Å². The molecule has 1 heterocycles. The SMILES string of the molecule is O=C(O)c1ncn(C2CCC[C@H]2OCc2ccccc2)c1-c1ccccc1. The van der Waals surface area contributed by atoms with Crippen molar-refractivity contribution in [2.75, 3.05) is 0 Å². The van der Waals surface area contributed by atoms with Crippen LogP contribution in [-0.4, -0.2) is 26.7 Å². The van der Waals surface area contributed by atoms with Crippen molar-refractivity contribution in [1.29, 1.82) is 0 Å². The smallest absolute Gasteiger partial charge is 0.356 e. The molecule has 1 aliphatic carbocycles. The van der Waals surface area contributed by atoms with E-state index >= 15 is 0 Å². The van der Waals surface area contributed by atoms with Crippen molar-refractivity contribution in [3.8, 4) is 11.3 Å². The van der Waals surface area contributed by atoms with Crippen molar-refractivity contribution in [2.24, 2.45) is 0 Å². The van der Waals surface area contributed by atoms with Gasteiger partial charge in [-0.3, -0.25) is 0 Å². The highest BCUT2D eigenvalue weighted by molar-refractivity contribution is 5.93.